The summed E-state index contributed by atoms with van der Waals surface area (Å²) in [6, 6.07) is 0.658. The topological polar surface area (TPSA) is 110 Å². The largest absolute Gasteiger partial charge is 0.500 e. The number of hydrogen-bond acceptors (Lipinski definition) is 8. The first kappa shape index (κ1) is 26.4. The van der Waals surface area contributed by atoms with Gasteiger partial charge in [0.2, 0.25) is 0 Å². The van der Waals surface area contributed by atoms with Crippen LogP contribution in [0.1, 0.15) is 19.8 Å². The Labute approximate surface area is 164 Å². The molecule has 0 aromatic heterocycles. The molecule has 0 bridgehead atoms. The van der Waals surface area contributed by atoms with E-state index in [2.05, 4.69) is 5.32 Å². The van der Waals surface area contributed by atoms with E-state index in [1.54, 1.807) is 27.4 Å². The molecule has 0 aliphatic rings. The Morgan fingerprint density at radius 1 is 1.19 bits per heavy atom. The zero-order valence-corrected chi connectivity index (χ0v) is 18.0. The first-order chi connectivity index (χ1) is 12.9. The SMILES string of the molecule is CCC=C(C=CCB(O)O)CNCC(O)COCCC[Si](OC)(OC)OC. The summed E-state index contributed by atoms with van der Waals surface area (Å²) < 4.78 is 21.5. The van der Waals surface area contributed by atoms with Crippen molar-refractivity contribution >= 4 is 15.9 Å². The van der Waals surface area contributed by atoms with Gasteiger partial charge in [-0.05, 0) is 18.4 Å². The fourth-order valence-electron chi connectivity index (χ4n) is 2.41. The van der Waals surface area contributed by atoms with Crippen LogP contribution >= 0.6 is 0 Å². The molecule has 10 heteroatoms. The van der Waals surface area contributed by atoms with Gasteiger partial charge in [0.15, 0.2) is 0 Å². The average molecular weight is 405 g/mol. The van der Waals surface area contributed by atoms with Crippen molar-refractivity contribution in [2.24, 2.45) is 0 Å². The van der Waals surface area contributed by atoms with Crippen molar-refractivity contribution in [1.82, 2.24) is 5.32 Å². The van der Waals surface area contributed by atoms with Gasteiger partial charge in [-0.2, -0.15) is 0 Å². The van der Waals surface area contributed by atoms with E-state index in [4.69, 9.17) is 28.1 Å². The second-order valence-corrected chi connectivity index (χ2v) is 9.16. The second-order valence-electron chi connectivity index (χ2n) is 6.06. The fourth-order valence-corrected chi connectivity index (χ4v) is 4.10. The van der Waals surface area contributed by atoms with Crippen LogP contribution in [0.25, 0.3) is 0 Å². The van der Waals surface area contributed by atoms with Gasteiger partial charge in [0, 0.05) is 53.4 Å². The Morgan fingerprint density at radius 2 is 1.85 bits per heavy atom. The molecular formula is C17H36BNO7Si. The molecule has 27 heavy (non-hydrogen) atoms. The Bertz CT molecular complexity index is 412. The molecule has 1 atom stereocenters. The fraction of sp³-hybridized carbons (Fsp3) is 0.765. The molecule has 0 saturated heterocycles. The van der Waals surface area contributed by atoms with Crippen LogP contribution in [0.5, 0.6) is 0 Å². The Balaban J connectivity index is 3.97. The highest BCUT2D eigenvalue weighted by atomic mass is 28.4. The zero-order chi connectivity index (χ0) is 20.5. The zero-order valence-electron chi connectivity index (χ0n) is 17.0. The molecule has 0 aromatic carbocycles. The van der Waals surface area contributed by atoms with Gasteiger partial charge in [-0.15, -0.1) is 0 Å². The van der Waals surface area contributed by atoms with Gasteiger partial charge in [-0.25, -0.2) is 0 Å². The molecular weight excluding hydrogens is 369 g/mol. The quantitative estimate of drug-likeness (QED) is 0.158. The van der Waals surface area contributed by atoms with Crippen molar-refractivity contribution in [3.63, 3.8) is 0 Å². The van der Waals surface area contributed by atoms with Crippen molar-refractivity contribution in [1.29, 1.82) is 0 Å². The Hall–Kier alpha value is -0.558. The van der Waals surface area contributed by atoms with Gasteiger partial charge in [0.25, 0.3) is 0 Å². The number of allylic oxidation sites excluding steroid dienone is 2. The number of nitrogens with one attached hydrogen (secondary N) is 1. The minimum Gasteiger partial charge on any atom is -0.427 e. The van der Waals surface area contributed by atoms with Crippen LogP contribution in [-0.4, -0.2) is 84.8 Å². The first-order valence-corrected chi connectivity index (χ1v) is 11.2. The standard InChI is InChI=1S/C17H36BNO7Si/c1-5-8-16(9-6-10-18(21)22)13-19-14-17(20)15-26-11-7-12-27(23-2,24-3)25-4/h6,8-9,17,19-22H,5,7,10-15H2,1-4H3. The third-order valence-corrected chi connectivity index (χ3v) is 6.70. The van der Waals surface area contributed by atoms with Gasteiger partial charge in [-0.1, -0.05) is 25.2 Å². The highest BCUT2D eigenvalue weighted by Gasteiger charge is 2.36. The molecule has 0 saturated carbocycles. The number of rotatable bonds is 17. The molecule has 4 N–H and O–H groups in total. The van der Waals surface area contributed by atoms with Crippen LogP contribution in [0.3, 0.4) is 0 Å². The van der Waals surface area contributed by atoms with E-state index in [1.807, 2.05) is 19.1 Å². The molecule has 0 fully saturated rings. The lowest BCUT2D eigenvalue weighted by Crippen LogP contribution is -2.42. The minimum atomic E-state index is -2.55. The summed E-state index contributed by atoms with van der Waals surface area (Å²) >= 11 is 0. The average Bonchev–Trinajstić information content (AvgIpc) is 2.65. The number of hydrogen-bond donors (Lipinski definition) is 4. The smallest absolute Gasteiger partial charge is 0.427 e. The number of ether oxygens (including phenoxy) is 1. The molecule has 0 aromatic rings. The van der Waals surface area contributed by atoms with E-state index in [0.29, 0.717) is 25.7 Å². The maximum Gasteiger partial charge on any atom is 0.500 e. The summed E-state index contributed by atoms with van der Waals surface area (Å²) in [6.07, 6.45) is 6.82. The normalized spacial score (nSPS) is 14.1. The third-order valence-electron chi connectivity index (χ3n) is 3.87. The molecule has 158 valence electrons. The van der Waals surface area contributed by atoms with E-state index in [0.717, 1.165) is 18.4 Å². The highest BCUT2D eigenvalue weighted by molar-refractivity contribution is 6.60. The molecule has 0 rings (SSSR count). The molecule has 0 heterocycles. The van der Waals surface area contributed by atoms with Crippen LogP contribution in [-0.2, 0) is 18.0 Å². The third kappa shape index (κ3) is 13.3. The van der Waals surface area contributed by atoms with Crippen molar-refractivity contribution in [3.05, 3.63) is 23.8 Å². The lowest BCUT2D eigenvalue weighted by molar-refractivity contribution is 0.0356. The molecule has 1 unspecified atom stereocenters. The van der Waals surface area contributed by atoms with E-state index < -0.39 is 22.0 Å². The Kier molecular flexibility index (Phi) is 16.1. The summed E-state index contributed by atoms with van der Waals surface area (Å²) in [4.78, 5) is 0. The summed E-state index contributed by atoms with van der Waals surface area (Å²) in [5.41, 5.74) is 1.03. The van der Waals surface area contributed by atoms with Gasteiger partial charge in [-0.3, -0.25) is 0 Å². The summed E-state index contributed by atoms with van der Waals surface area (Å²) in [5.74, 6) is 0. The van der Waals surface area contributed by atoms with E-state index in [-0.39, 0.29) is 12.9 Å². The van der Waals surface area contributed by atoms with Crippen molar-refractivity contribution in [2.75, 3.05) is 47.6 Å². The monoisotopic (exact) mass is 405 g/mol. The van der Waals surface area contributed by atoms with Gasteiger partial charge in [0.1, 0.15) is 0 Å². The lowest BCUT2D eigenvalue weighted by atomic mass is 9.86. The van der Waals surface area contributed by atoms with Crippen LogP contribution in [0, 0.1) is 0 Å². The summed E-state index contributed by atoms with van der Waals surface area (Å²) in [5, 5.41) is 30.9. The molecule has 0 spiro atoms. The van der Waals surface area contributed by atoms with Crippen LogP contribution in [0.4, 0.5) is 0 Å². The van der Waals surface area contributed by atoms with E-state index in [1.165, 1.54) is 0 Å². The molecule has 8 nitrogen and oxygen atoms in total. The molecule has 0 amide bonds. The van der Waals surface area contributed by atoms with Crippen molar-refractivity contribution in [3.8, 4) is 0 Å². The number of aliphatic hydroxyl groups excluding tert-OH is 1. The van der Waals surface area contributed by atoms with Crippen LogP contribution < -0.4 is 5.32 Å². The molecule has 0 aliphatic carbocycles. The van der Waals surface area contributed by atoms with E-state index >= 15 is 0 Å². The van der Waals surface area contributed by atoms with Gasteiger partial charge >= 0.3 is 15.9 Å². The van der Waals surface area contributed by atoms with Gasteiger partial charge < -0.3 is 38.5 Å². The van der Waals surface area contributed by atoms with Crippen LogP contribution in [0.2, 0.25) is 12.4 Å². The van der Waals surface area contributed by atoms with Crippen molar-refractivity contribution < 1.29 is 33.2 Å². The predicted octanol–water partition coefficient (Wildman–Crippen LogP) is 0.587. The van der Waals surface area contributed by atoms with E-state index in [9.17, 15) is 5.11 Å². The maximum atomic E-state index is 9.98. The Morgan fingerprint density at radius 3 is 2.41 bits per heavy atom. The summed E-state index contributed by atoms with van der Waals surface area (Å²) in [6.45, 7) is 3.77. The lowest BCUT2D eigenvalue weighted by Gasteiger charge is -2.24. The first-order valence-electron chi connectivity index (χ1n) is 9.26. The van der Waals surface area contributed by atoms with Gasteiger partial charge in [0.05, 0.1) is 12.7 Å². The summed E-state index contributed by atoms with van der Waals surface area (Å²) in [7, 11) is 0.858. The maximum absolute atomic E-state index is 9.98. The second kappa shape index (κ2) is 16.4. The highest BCUT2D eigenvalue weighted by Crippen LogP contribution is 2.14. The predicted molar refractivity (Wildman–Crippen MR) is 108 cm³/mol. The van der Waals surface area contributed by atoms with Crippen LogP contribution in [0.15, 0.2) is 23.8 Å². The number of aliphatic hydroxyl groups is 1. The molecule has 0 radical (unpaired) electrons. The molecule has 0 aliphatic heterocycles. The minimum absolute atomic E-state index is 0.191. The van der Waals surface area contributed by atoms with Crippen molar-refractivity contribution in [2.45, 2.75) is 38.2 Å².